The zero-order chi connectivity index (χ0) is 23.5. The average molecular weight is 490 g/mol. The van der Waals surface area contributed by atoms with Gasteiger partial charge in [0.05, 0.1) is 31.7 Å². The zero-order valence-corrected chi connectivity index (χ0v) is 19.8. The SMILES string of the molecule is CC(=O)Nc1cccc([C@H]2O[C@@H](Cn3cnc(Cl)c3Cl)[C@@H](C)[C@@H](c3ccc(CO)cc3)O2)c1. The molecule has 0 spiro atoms. The number of halogens is 2. The molecule has 2 aromatic carbocycles. The number of hydrogen-bond acceptors (Lipinski definition) is 5. The molecule has 3 aromatic rings. The maximum atomic E-state index is 11.5. The Bertz CT molecular complexity index is 1120. The van der Waals surface area contributed by atoms with Gasteiger partial charge in [-0.05, 0) is 23.3 Å². The van der Waals surface area contributed by atoms with E-state index in [9.17, 15) is 9.90 Å². The molecular formula is C24H25Cl2N3O4. The van der Waals surface area contributed by atoms with Crippen LogP contribution < -0.4 is 5.32 Å². The van der Waals surface area contributed by atoms with Crippen molar-refractivity contribution in [2.45, 2.75) is 45.5 Å². The molecule has 0 aliphatic carbocycles. The highest BCUT2D eigenvalue weighted by Crippen LogP contribution is 2.42. The van der Waals surface area contributed by atoms with E-state index in [0.717, 1.165) is 16.7 Å². The van der Waals surface area contributed by atoms with Crippen LogP contribution in [0.3, 0.4) is 0 Å². The number of ether oxygens (including phenoxy) is 2. The summed E-state index contributed by atoms with van der Waals surface area (Å²) in [6.07, 6.45) is 0.385. The van der Waals surface area contributed by atoms with E-state index >= 15 is 0 Å². The van der Waals surface area contributed by atoms with Gasteiger partial charge in [0.1, 0.15) is 5.15 Å². The lowest BCUT2D eigenvalue weighted by molar-refractivity contribution is -0.276. The Labute approximate surface area is 202 Å². The molecule has 174 valence electrons. The summed E-state index contributed by atoms with van der Waals surface area (Å²) in [5, 5.41) is 12.8. The second-order valence-electron chi connectivity index (χ2n) is 8.11. The van der Waals surface area contributed by atoms with Crippen LogP contribution >= 0.6 is 23.2 Å². The molecule has 1 aromatic heterocycles. The summed E-state index contributed by atoms with van der Waals surface area (Å²) in [4.78, 5) is 15.6. The van der Waals surface area contributed by atoms with Crippen LogP contribution in [0, 0.1) is 5.92 Å². The lowest BCUT2D eigenvalue weighted by Gasteiger charge is -2.41. The number of imidazole rings is 1. The van der Waals surface area contributed by atoms with Crippen molar-refractivity contribution in [3.05, 3.63) is 81.9 Å². The number of hydrogen-bond donors (Lipinski definition) is 2. The third-order valence-corrected chi connectivity index (χ3v) is 6.48. The number of aliphatic hydroxyl groups excluding tert-OH is 1. The summed E-state index contributed by atoms with van der Waals surface area (Å²) in [6.45, 7) is 3.94. The van der Waals surface area contributed by atoms with E-state index in [-0.39, 0.29) is 35.8 Å². The molecule has 0 unspecified atom stereocenters. The van der Waals surface area contributed by atoms with Crippen molar-refractivity contribution >= 4 is 34.8 Å². The predicted molar refractivity (Wildman–Crippen MR) is 126 cm³/mol. The van der Waals surface area contributed by atoms with Crippen LogP contribution in [-0.4, -0.2) is 26.7 Å². The Kier molecular flexibility index (Phi) is 7.36. The lowest BCUT2D eigenvalue weighted by Crippen LogP contribution is -2.39. The van der Waals surface area contributed by atoms with Gasteiger partial charge in [0.25, 0.3) is 0 Å². The number of carbonyl (C=O) groups excluding carboxylic acids is 1. The van der Waals surface area contributed by atoms with Crippen molar-refractivity contribution in [2.75, 3.05) is 5.32 Å². The summed E-state index contributed by atoms with van der Waals surface area (Å²) in [5.41, 5.74) is 3.25. The molecule has 2 N–H and O–H groups in total. The molecule has 1 amide bonds. The normalized spacial score (nSPS) is 22.8. The summed E-state index contributed by atoms with van der Waals surface area (Å²) in [5.74, 6) is -0.186. The maximum absolute atomic E-state index is 11.5. The summed E-state index contributed by atoms with van der Waals surface area (Å²) < 4.78 is 14.6. The summed E-state index contributed by atoms with van der Waals surface area (Å²) in [6, 6.07) is 15.1. The molecule has 4 rings (SSSR count). The van der Waals surface area contributed by atoms with Crippen LogP contribution in [0.15, 0.2) is 54.9 Å². The number of anilines is 1. The number of aromatic nitrogens is 2. The fourth-order valence-electron chi connectivity index (χ4n) is 3.96. The number of rotatable bonds is 6. The first-order valence-corrected chi connectivity index (χ1v) is 11.4. The van der Waals surface area contributed by atoms with Crippen molar-refractivity contribution in [3.63, 3.8) is 0 Å². The molecule has 9 heteroatoms. The van der Waals surface area contributed by atoms with Gasteiger partial charge >= 0.3 is 0 Å². The highest BCUT2D eigenvalue weighted by atomic mass is 35.5. The Morgan fingerprint density at radius 3 is 2.55 bits per heavy atom. The third-order valence-electron chi connectivity index (χ3n) is 5.71. The molecule has 0 bridgehead atoms. The average Bonchev–Trinajstić information content (AvgIpc) is 3.12. The number of nitrogens with one attached hydrogen (secondary N) is 1. The maximum Gasteiger partial charge on any atom is 0.221 e. The van der Waals surface area contributed by atoms with Crippen LogP contribution in [0.5, 0.6) is 0 Å². The predicted octanol–water partition coefficient (Wildman–Crippen LogP) is 5.13. The van der Waals surface area contributed by atoms with Gasteiger partial charge in [-0.25, -0.2) is 4.98 Å². The van der Waals surface area contributed by atoms with Crippen LogP contribution in [0.4, 0.5) is 5.69 Å². The van der Waals surface area contributed by atoms with Gasteiger partial charge in [0.2, 0.25) is 5.91 Å². The van der Waals surface area contributed by atoms with Gasteiger partial charge in [0.15, 0.2) is 11.4 Å². The van der Waals surface area contributed by atoms with Crippen molar-refractivity contribution in [3.8, 4) is 0 Å². The molecule has 1 fully saturated rings. The van der Waals surface area contributed by atoms with Crippen LogP contribution in [0.2, 0.25) is 10.3 Å². The highest BCUT2D eigenvalue weighted by molar-refractivity contribution is 6.40. The molecule has 0 saturated carbocycles. The smallest absolute Gasteiger partial charge is 0.221 e. The number of amides is 1. The van der Waals surface area contributed by atoms with Crippen molar-refractivity contribution in [1.29, 1.82) is 0 Å². The van der Waals surface area contributed by atoms with Gasteiger partial charge in [-0.3, -0.25) is 4.79 Å². The molecule has 4 atom stereocenters. The lowest BCUT2D eigenvalue weighted by atomic mass is 9.90. The Morgan fingerprint density at radius 2 is 1.91 bits per heavy atom. The monoisotopic (exact) mass is 489 g/mol. The first kappa shape index (κ1) is 23.7. The second-order valence-corrected chi connectivity index (χ2v) is 8.82. The first-order valence-electron chi connectivity index (χ1n) is 10.6. The minimum absolute atomic E-state index is 0.0223. The standard InChI is InChI=1S/C24H25Cl2N3O4/c1-14-20(11-29-13-27-22(25)23(29)26)32-24(18-4-3-5-19(10-18)28-15(2)31)33-21(14)17-8-6-16(12-30)7-9-17/h3-10,13-14,20-21,24,30H,11-12H2,1-2H3,(H,28,31)/t14-,20+,21+,24+/m1/s1. The quantitative estimate of drug-likeness (QED) is 0.500. The number of carbonyl (C=O) groups is 1. The van der Waals surface area contributed by atoms with E-state index in [1.807, 2.05) is 48.5 Å². The zero-order valence-electron chi connectivity index (χ0n) is 18.2. The van der Waals surface area contributed by atoms with E-state index in [0.29, 0.717) is 17.4 Å². The van der Waals surface area contributed by atoms with Crippen molar-refractivity contribution in [2.24, 2.45) is 5.92 Å². The molecule has 2 heterocycles. The number of benzene rings is 2. The molecule has 0 radical (unpaired) electrons. The number of aliphatic hydroxyl groups is 1. The topological polar surface area (TPSA) is 85.6 Å². The van der Waals surface area contributed by atoms with Crippen LogP contribution in [0.25, 0.3) is 0 Å². The van der Waals surface area contributed by atoms with E-state index in [2.05, 4.69) is 17.2 Å². The molecule has 7 nitrogen and oxygen atoms in total. The fourth-order valence-corrected chi connectivity index (χ4v) is 4.27. The van der Waals surface area contributed by atoms with Crippen molar-refractivity contribution in [1.82, 2.24) is 9.55 Å². The van der Waals surface area contributed by atoms with Crippen molar-refractivity contribution < 1.29 is 19.4 Å². The first-order chi connectivity index (χ1) is 15.9. The molecule has 1 saturated heterocycles. The second kappa shape index (κ2) is 10.2. The van der Waals surface area contributed by atoms with Crippen LogP contribution in [0.1, 0.15) is 42.9 Å². The minimum atomic E-state index is -0.666. The van der Waals surface area contributed by atoms with Gasteiger partial charge in [-0.2, -0.15) is 0 Å². The number of nitrogens with zero attached hydrogens (tertiary/aromatic N) is 2. The fraction of sp³-hybridized carbons (Fsp3) is 0.333. The van der Waals surface area contributed by atoms with Crippen LogP contribution in [-0.2, 0) is 27.4 Å². The summed E-state index contributed by atoms with van der Waals surface area (Å²) >= 11 is 12.3. The molecule has 33 heavy (non-hydrogen) atoms. The van der Waals surface area contributed by atoms with E-state index in [1.54, 1.807) is 10.9 Å². The van der Waals surface area contributed by atoms with E-state index < -0.39 is 6.29 Å². The Balaban J connectivity index is 1.66. The van der Waals surface area contributed by atoms with Gasteiger partial charge < -0.3 is 24.5 Å². The van der Waals surface area contributed by atoms with E-state index in [4.69, 9.17) is 32.7 Å². The largest absolute Gasteiger partial charge is 0.392 e. The highest BCUT2D eigenvalue weighted by Gasteiger charge is 2.39. The summed E-state index contributed by atoms with van der Waals surface area (Å²) in [7, 11) is 0. The Hall–Kier alpha value is -2.42. The third kappa shape index (κ3) is 5.39. The minimum Gasteiger partial charge on any atom is -0.392 e. The Morgan fingerprint density at radius 1 is 1.15 bits per heavy atom. The van der Waals surface area contributed by atoms with Gasteiger partial charge in [0, 0.05) is 24.1 Å². The van der Waals surface area contributed by atoms with Gasteiger partial charge in [-0.1, -0.05) is 66.5 Å². The van der Waals surface area contributed by atoms with Gasteiger partial charge in [-0.15, -0.1) is 0 Å². The molecule has 1 aliphatic rings. The molecular weight excluding hydrogens is 465 g/mol. The molecule has 1 aliphatic heterocycles. The van der Waals surface area contributed by atoms with E-state index in [1.165, 1.54) is 6.92 Å².